The van der Waals surface area contributed by atoms with Gasteiger partial charge in [-0.15, -0.1) is 0 Å². The zero-order valence-electron chi connectivity index (χ0n) is 14.0. The molecule has 3 aromatic rings. The molecule has 0 fully saturated rings. The van der Waals surface area contributed by atoms with Crippen LogP contribution in [0.15, 0.2) is 66.7 Å². The third kappa shape index (κ3) is 3.57. The van der Waals surface area contributed by atoms with Gasteiger partial charge in [0.1, 0.15) is 5.75 Å². The van der Waals surface area contributed by atoms with Gasteiger partial charge >= 0.3 is 0 Å². The standard InChI is InChI=1S/C21H21NO2/c1-15(19-9-5-7-17-6-3-4-8-20(17)19)22-21(23)14-16-10-12-18(24-2)13-11-16/h3-13,15H,14H2,1-2H3,(H,22,23). The Hall–Kier alpha value is -2.81. The quantitative estimate of drug-likeness (QED) is 0.763. The van der Waals surface area contributed by atoms with Crippen LogP contribution in [0.1, 0.15) is 24.1 Å². The molecule has 1 unspecified atom stereocenters. The number of ether oxygens (including phenoxy) is 1. The molecule has 3 nitrogen and oxygen atoms in total. The normalized spacial score (nSPS) is 11.9. The number of benzene rings is 3. The summed E-state index contributed by atoms with van der Waals surface area (Å²) >= 11 is 0. The van der Waals surface area contributed by atoms with Crippen molar-refractivity contribution in [2.24, 2.45) is 0 Å². The summed E-state index contributed by atoms with van der Waals surface area (Å²) in [4.78, 5) is 12.3. The summed E-state index contributed by atoms with van der Waals surface area (Å²) in [6.07, 6.45) is 0.360. The highest BCUT2D eigenvalue weighted by Crippen LogP contribution is 2.24. The molecule has 0 bridgehead atoms. The number of carbonyl (C=O) groups is 1. The Balaban J connectivity index is 1.71. The SMILES string of the molecule is COc1ccc(CC(=O)NC(C)c2cccc3ccccc23)cc1. The van der Waals surface area contributed by atoms with Gasteiger partial charge in [0.2, 0.25) is 5.91 Å². The molecule has 0 aliphatic carbocycles. The average Bonchev–Trinajstić information content (AvgIpc) is 2.61. The van der Waals surface area contributed by atoms with E-state index in [2.05, 4.69) is 29.6 Å². The lowest BCUT2D eigenvalue weighted by atomic mass is 9.99. The van der Waals surface area contributed by atoms with Gasteiger partial charge in [-0.3, -0.25) is 4.79 Å². The first-order chi connectivity index (χ1) is 11.7. The van der Waals surface area contributed by atoms with Crippen molar-refractivity contribution in [2.75, 3.05) is 7.11 Å². The molecule has 0 aliphatic rings. The molecular weight excluding hydrogens is 298 g/mol. The number of rotatable bonds is 5. The molecule has 1 N–H and O–H groups in total. The van der Waals surface area contributed by atoms with E-state index in [1.54, 1.807) is 7.11 Å². The van der Waals surface area contributed by atoms with E-state index in [0.29, 0.717) is 6.42 Å². The van der Waals surface area contributed by atoms with Gasteiger partial charge in [-0.1, -0.05) is 54.6 Å². The number of methoxy groups -OCH3 is 1. The zero-order valence-corrected chi connectivity index (χ0v) is 14.0. The maximum atomic E-state index is 12.3. The zero-order chi connectivity index (χ0) is 16.9. The Kier molecular flexibility index (Phi) is 4.80. The van der Waals surface area contributed by atoms with Crippen LogP contribution in [-0.4, -0.2) is 13.0 Å². The largest absolute Gasteiger partial charge is 0.497 e. The van der Waals surface area contributed by atoms with Crippen LogP contribution in [0, 0.1) is 0 Å². The first kappa shape index (κ1) is 16.1. The summed E-state index contributed by atoms with van der Waals surface area (Å²) in [5.74, 6) is 0.809. The van der Waals surface area contributed by atoms with Gasteiger partial charge in [0, 0.05) is 0 Å². The second kappa shape index (κ2) is 7.18. The van der Waals surface area contributed by atoms with Crippen molar-refractivity contribution in [1.29, 1.82) is 0 Å². The monoisotopic (exact) mass is 319 g/mol. The van der Waals surface area contributed by atoms with Crippen LogP contribution in [0.4, 0.5) is 0 Å². The lowest BCUT2D eigenvalue weighted by Crippen LogP contribution is -2.28. The van der Waals surface area contributed by atoms with Gasteiger partial charge in [0.15, 0.2) is 0 Å². The summed E-state index contributed by atoms with van der Waals surface area (Å²) in [5.41, 5.74) is 2.11. The van der Waals surface area contributed by atoms with Gasteiger partial charge in [0.25, 0.3) is 0 Å². The lowest BCUT2D eigenvalue weighted by Gasteiger charge is -2.17. The van der Waals surface area contributed by atoms with E-state index in [4.69, 9.17) is 4.74 Å². The number of hydrogen-bond acceptors (Lipinski definition) is 2. The lowest BCUT2D eigenvalue weighted by molar-refractivity contribution is -0.121. The molecule has 3 rings (SSSR count). The second-order valence-electron chi connectivity index (χ2n) is 5.88. The van der Waals surface area contributed by atoms with E-state index in [1.165, 1.54) is 10.8 Å². The fourth-order valence-corrected chi connectivity index (χ4v) is 2.93. The van der Waals surface area contributed by atoms with Crippen LogP contribution < -0.4 is 10.1 Å². The minimum Gasteiger partial charge on any atom is -0.497 e. The molecule has 24 heavy (non-hydrogen) atoms. The van der Waals surface area contributed by atoms with Crippen molar-refractivity contribution in [1.82, 2.24) is 5.32 Å². The van der Waals surface area contributed by atoms with Crippen molar-refractivity contribution < 1.29 is 9.53 Å². The molecule has 0 heterocycles. The molecule has 0 aromatic heterocycles. The third-order valence-electron chi connectivity index (χ3n) is 4.19. The van der Waals surface area contributed by atoms with Gasteiger partial charge in [-0.25, -0.2) is 0 Å². The van der Waals surface area contributed by atoms with E-state index in [0.717, 1.165) is 16.9 Å². The summed E-state index contributed by atoms with van der Waals surface area (Å²) < 4.78 is 5.14. The van der Waals surface area contributed by atoms with Crippen LogP contribution >= 0.6 is 0 Å². The molecule has 1 amide bonds. The Morgan fingerprint density at radius 2 is 1.71 bits per heavy atom. The molecule has 3 heteroatoms. The van der Waals surface area contributed by atoms with Gasteiger partial charge < -0.3 is 10.1 Å². The highest BCUT2D eigenvalue weighted by atomic mass is 16.5. The summed E-state index contributed by atoms with van der Waals surface area (Å²) in [6.45, 7) is 2.02. The van der Waals surface area contributed by atoms with Crippen LogP contribution in [-0.2, 0) is 11.2 Å². The molecule has 0 aliphatic heterocycles. The van der Waals surface area contributed by atoms with Crippen LogP contribution in [0.2, 0.25) is 0 Å². The molecule has 0 saturated heterocycles. The van der Waals surface area contributed by atoms with Crippen molar-refractivity contribution in [3.8, 4) is 5.75 Å². The molecule has 122 valence electrons. The molecule has 0 radical (unpaired) electrons. The summed E-state index contributed by atoms with van der Waals surface area (Å²) in [5, 5.41) is 5.46. The molecular formula is C21H21NO2. The van der Waals surface area contributed by atoms with E-state index < -0.39 is 0 Å². The van der Waals surface area contributed by atoms with E-state index in [9.17, 15) is 4.79 Å². The van der Waals surface area contributed by atoms with Crippen molar-refractivity contribution in [3.05, 3.63) is 77.9 Å². The number of carbonyl (C=O) groups excluding carboxylic acids is 1. The number of nitrogens with one attached hydrogen (secondary N) is 1. The van der Waals surface area contributed by atoms with E-state index >= 15 is 0 Å². The predicted octanol–water partition coefficient (Wildman–Crippen LogP) is 4.27. The van der Waals surface area contributed by atoms with Crippen molar-refractivity contribution in [2.45, 2.75) is 19.4 Å². The van der Waals surface area contributed by atoms with Crippen molar-refractivity contribution >= 4 is 16.7 Å². The van der Waals surface area contributed by atoms with Gasteiger partial charge in [-0.2, -0.15) is 0 Å². The Bertz CT molecular complexity index is 835. The number of hydrogen-bond donors (Lipinski definition) is 1. The Morgan fingerprint density at radius 3 is 2.46 bits per heavy atom. The Labute approximate surface area is 142 Å². The molecule has 3 aromatic carbocycles. The van der Waals surface area contributed by atoms with Crippen LogP contribution in [0.3, 0.4) is 0 Å². The molecule has 1 atom stereocenters. The fraction of sp³-hybridized carbons (Fsp3) is 0.190. The third-order valence-corrected chi connectivity index (χ3v) is 4.19. The maximum Gasteiger partial charge on any atom is 0.224 e. The first-order valence-electron chi connectivity index (χ1n) is 8.07. The minimum absolute atomic E-state index is 0.0144. The second-order valence-corrected chi connectivity index (χ2v) is 5.88. The maximum absolute atomic E-state index is 12.3. The van der Waals surface area contributed by atoms with Crippen LogP contribution in [0.25, 0.3) is 10.8 Å². The smallest absolute Gasteiger partial charge is 0.224 e. The van der Waals surface area contributed by atoms with E-state index in [1.807, 2.05) is 49.4 Å². The summed E-state index contributed by atoms with van der Waals surface area (Å²) in [7, 11) is 1.63. The Morgan fingerprint density at radius 1 is 1.00 bits per heavy atom. The predicted molar refractivity (Wildman–Crippen MR) is 97.2 cm³/mol. The highest BCUT2D eigenvalue weighted by molar-refractivity contribution is 5.87. The van der Waals surface area contributed by atoms with Gasteiger partial charge in [0.05, 0.1) is 19.6 Å². The summed E-state index contributed by atoms with van der Waals surface area (Å²) in [6, 6.07) is 22.0. The fourth-order valence-electron chi connectivity index (χ4n) is 2.93. The molecule has 0 spiro atoms. The number of fused-ring (bicyclic) bond motifs is 1. The van der Waals surface area contributed by atoms with Crippen LogP contribution in [0.5, 0.6) is 5.75 Å². The topological polar surface area (TPSA) is 38.3 Å². The van der Waals surface area contributed by atoms with Gasteiger partial charge in [-0.05, 0) is 41.0 Å². The average molecular weight is 319 g/mol. The van der Waals surface area contributed by atoms with Crippen molar-refractivity contribution in [3.63, 3.8) is 0 Å². The van der Waals surface area contributed by atoms with E-state index in [-0.39, 0.29) is 11.9 Å². The highest BCUT2D eigenvalue weighted by Gasteiger charge is 2.12. The molecule has 0 saturated carbocycles. The number of amides is 1. The minimum atomic E-state index is -0.0400. The first-order valence-corrected chi connectivity index (χ1v) is 8.07.